The number of halogens is 1. The van der Waals surface area contributed by atoms with E-state index in [2.05, 4.69) is 4.98 Å². The van der Waals surface area contributed by atoms with E-state index < -0.39 is 11.9 Å². The number of fused-ring (bicyclic) bond motifs is 9. The number of amides is 2. The predicted molar refractivity (Wildman–Crippen MR) is 154 cm³/mol. The molecule has 3 heterocycles. The van der Waals surface area contributed by atoms with E-state index >= 15 is 0 Å². The zero-order valence-corrected chi connectivity index (χ0v) is 24.2. The molecule has 212 valence electrons. The molecular weight excluding hydrogens is 584 g/mol. The fourth-order valence-corrected chi connectivity index (χ4v) is 10.8. The summed E-state index contributed by atoms with van der Waals surface area (Å²) in [5.41, 5.74) is 1.91. The van der Waals surface area contributed by atoms with Gasteiger partial charge in [0.05, 0.1) is 16.9 Å². The molecule has 8 nitrogen and oxygen atoms in total. The Bertz CT molecular complexity index is 1620. The van der Waals surface area contributed by atoms with Gasteiger partial charge in [0, 0.05) is 39.6 Å². The highest BCUT2D eigenvalue weighted by atomic mass is 35.5. The van der Waals surface area contributed by atoms with Gasteiger partial charge in [0.1, 0.15) is 12.4 Å². The maximum absolute atomic E-state index is 13.6. The molecule has 1 aromatic heterocycles. The third-order valence-electron chi connectivity index (χ3n) is 9.13. The molecule has 2 aliphatic heterocycles. The number of likely N-dealkylation sites (tertiary alicyclic amines) is 1. The average Bonchev–Trinajstić information content (AvgIpc) is 3.67. The summed E-state index contributed by atoms with van der Waals surface area (Å²) in [5, 5.41) is 10.6. The number of hydrogen-bond donors (Lipinski definition) is 2. The van der Waals surface area contributed by atoms with E-state index in [0.717, 1.165) is 33.2 Å². The number of rotatable bonds is 8. The van der Waals surface area contributed by atoms with Crippen LogP contribution in [-0.4, -0.2) is 44.6 Å². The number of nitrogens with zero attached hydrogens (tertiary/aromatic N) is 1. The fourth-order valence-electron chi connectivity index (χ4n) is 7.69. The van der Waals surface area contributed by atoms with Crippen LogP contribution in [0.2, 0.25) is 5.02 Å². The van der Waals surface area contributed by atoms with Crippen LogP contribution < -0.4 is 9.61 Å². The second kappa shape index (κ2) is 10.3. The van der Waals surface area contributed by atoms with Crippen molar-refractivity contribution in [1.29, 1.82) is 0 Å². The van der Waals surface area contributed by atoms with Crippen LogP contribution in [0.1, 0.15) is 41.2 Å². The van der Waals surface area contributed by atoms with Gasteiger partial charge >= 0.3 is 10.8 Å². The number of para-hydroxylation sites is 1. The molecule has 2 aliphatic carbocycles. The first-order valence-corrected chi connectivity index (χ1v) is 15.8. The van der Waals surface area contributed by atoms with Crippen molar-refractivity contribution in [2.75, 3.05) is 6.54 Å². The Labute approximate surface area is 249 Å². The van der Waals surface area contributed by atoms with Crippen LogP contribution >= 0.6 is 34.7 Å². The van der Waals surface area contributed by atoms with Gasteiger partial charge in [-0.25, -0.2) is 0 Å². The van der Waals surface area contributed by atoms with Gasteiger partial charge in [-0.3, -0.25) is 24.1 Å². The first-order chi connectivity index (χ1) is 19.8. The number of thioether (sulfide) groups is 1. The van der Waals surface area contributed by atoms with E-state index in [9.17, 15) is 19.2 Å². The molecule has 2 aromatic carbocycles. The molecule has 7 atom stereocenters. The fraction of sp³-hybridized carbons (Fsp3) is 0.400. The molecule has 7 rings (SSSR count). The summed E-state index contributed by atoms with van der Waals surface area (Å²) in [6.45, 7) is 0.474. The van der Waals surface area contributed by atoms with Crippen molar-refractivity contribution in [3.8, 4) is 5.75 Å². The molecule has 11 heteroatoms. The topological polar surface area (TPSA) is 117 Å². The minimum Gasteiger partial charge on any atom is -0.489 e. The number of benzene rings is 2. The van der Waals surface area contributed by atoms with Crippen LogP contribution in [-0.2, 0) is 21.0 Å². The Morgan fingerprint density at radius 1 is 1.07 bits per heavy atom. The molecule has 2 saturated carbocycles. The molecule has 3 aromatic rings. The van der Waals surface area contributed by atoms with Gasteiger partial charge in [0.2, 0.25) is 11.8 Å². The van der Waals surface area contributed by atoms with E-state index in [-0.39, 0.29) is 70.9 Å². The SMILES string of the molecule is O=C(O)CCCN1C(=O)C2C3CC(C2C1=O)C1C3Sc2[nH]c(=O)sc2[C@@H]1c1ccccc1OCc1cccc(Cl)c1. The van der Waals surface area contributed by atoms with Crippen molar-refractivity contribution in [2.24, 2.45) is 29.6 Å². The summed E-state index contributed by atoms with van der Waals surface area (Å²) in [4.78, 5) is 56.0. The number of aromatic amines is 1. The van der Waals surface area contributed by atoms with Crippen LogP contribution in [0.25, 0.3) is 0 Å². The van der Waals surface area contributed by atoms with Gasteiger partial charge in [-0.2, -0.15) is 0 Å². The number of H-pyrrole nitrogens is 1. The highest BCUT2D eigenvalue weighted by Crippen LogP contribution is 2.69. The van der Waals surface area contributed by atoms with E-state index in [0.29, 0.717) is 11.6 Å². The molecule has 0 radical (unpaired) electrons. The lowest BCUT2D eigenvalue weighted by atomic mass is 9.68. The van der Waals surface area contributed by atoms with E-state index in [1.165, 1.54) is 16.2 Å². The lowest BCUT2D eigenvalue weighted by molar-refractivity contribution is -0.142. The van der Waals surface area contributed by atoms with Crippen molar-refractivity contribution in [1.82, 2.24) is 9.88 Å². The first-order valence-electron chi connectivity index (χ1n) is 13.7. The van der Waals surface area contributed by atoms with Crippen molar-refractivity contribution < 1.29 is 24.2 Å². The Balaban J connectivity index is 1.24. The van der Waals surface area contributed by atoms with Gasteiger partial charge in [-0.05, 0) is 54.4 Å². The largest absolute Gasteiger partial charge is 0.489 e. The molecule has 6 unspecified atom stereocenters. The standard InChI is InChI=1S/C30H27ClN2O6S2/c31-15-6-3-5-14(11-15)13-39-19-8-2-1-7-16(19)21-22-17-12-18(25(22)40-27-26(21)41-30(38)32-27)24-23(17)28(36)33(29(24)37)10-4-9-20(34)35/h1-3,5-8,11,17-18,21-25H,4,9-10,12-13H2,(H,32,38)(H,34,35)/t17?,18?,21-,22?,23?,24?,25?/m1/s1. The Morgan fingerprint density at radius 2 is 1.85 bits per heavy atom. The Hall–Kier alpha value is -3.08. The summed E-state index contributed by atoms with van der Waals surface area (Å²) >= 11 is 9.04. The lowest BCUT2D eigenvalue weighted by Gasteiger charge is -2.43. The van der Waals surface area contributed by atoms with Crippen molar-refractivity contribution in [3.05, 3.63) is 79.2 Å². The molecule has 2 N–H and O–H groups in total. The molecule has 3 fully saturated rings. The number of thiazole rings is 1. The zero-order chi connectivity index (χ0) is 28.4. The summed E-state index contributed by atoms with van der Waals surface area (Å²) in [7, 11) is 0. The van der Waals surface area contributed by atoms with Crippen LogP contribution in [0.5, 0.6) is 5.75 Å². The smallest absolute Gasteiger partial charge is 0.305 e. The third-order valence-corrected chi connectivity index (χ3v) is 11.9. The molecular formula is C30H27ClN2O6S2. The molecule has 1 saturated heterocycles. The van der Waals surface area contributed by atoms with E-state index in [1.807, 2.05) is 48.5 Å². The number of carbonyl (C=O) groups is 3. The third kappa shape index (κ3) is 4.42. The van der Waals surface area contributed by atoms with Gasteiger partial charge in [0.25, 0.3) is 0 Å². The maximum Gasteiger partial charge on any atom is 0.305 e. The van der Waals surface area contributed by atoms with Crippen molar-refractivity contribution in [3.63, 3.8) is 0 Å². The summed E-state index contributed by atoms with van der Waals surface area (Å²) in [5.74, 6) is -1.44. The number of hydrogen-bond acceptors (Lipinski definition) is 7. The first kappa shape index (κ1) is 26.8. The number of carboxylic acid groups (broad SMARTS) is 1. The zero-order valence-electron chi connectivity index (χ0n) is 21.8. The highest BCUT2D eigenvalue weighted by molar-refractivity contribution is 8.00. The Kier molecular flexibility index (Phi) is 6.75. The number of imide groups is 1. The second-order valence-corrected chi connectivity index (χ2v) is 13.9. The maximum atomic E-state index is 13.6. The molecule has 41 heavy (non-hydrogen) atoms. The minimum atomic E-state index is -0.939. The van der Waals surface area contributed by atoms with Crippen LogP contribution in [0, 0.1) is 29.6 Å². The van der Waals surface area contributed by atoms with E-state index in [1.54, 1.807) is 11.8 Å². The summed E-state index contributed by atoms with van der Waals surface area (Å²) in [6.07, 6.45) is 0.961. The van der Waals surface area contributed by atoms with Gasteiger partial charge < -0.3 is 14.8 Å². The normalized spacial score (nSPS) is 29.4. The van der Waals surface area contributed by atoms with Crippen molar-refractivity contribution in [2.45, 2.75) is 42.1 Å². The quantitative estimate of drug-likeness (QED) is 0.345. The number of aromatic nitrogens is 1. The minimum absolute atomic E-state index is 0.0134. The monoisotopic (exact) mass is 610 g/mol. The summed E-state index contributed by atoms with van der Waals surface area (Å²) < 4.78 is 6.36. The van der Waals surface area contributed by atoms with Gasteiger partial charge in [-0.1, -0.05) is 53.3 Å². The summed E-state index contributed by atoms with van der Waals surface area (Å²) in [6, 6.07) is 15.4. The highest BCUT2D eigenvalue weighted by Gasteiger charge is 2.69. The number of nitrogens with one attached hydrogen (secondary N) is 1. The van der Waals surface area contributed by atoms with Crippen LogP contribution in [0.3, 0.4) is 0 Å². The van der Waals surface area contributed by atoms with Gasteiger partial charge in [0.15, 0.2) is 0 Å². The molecule has 2 amide bonds. The van der Waals surface area contributed by atoms with Gasteiger partial charge in [-0.15, -0.1) is 11.8 Å². The molecule has 0 spiro atoms. The number of aliphatic carboxylic acids is 1. The van der Waals surface area contributed by atoms with E-state index in [4.69, 9.17) is 21.4 Å². The predicted octanol–water partition coefficient (Wildman–Crippen LogP) is 5.01. The molecule has 2 bridgehead atoms. The molecule has 4 aliphatic rings. The second-order valence-electron chi connectivity index (χ2n) is 11.2. The number of carbonyl (C=O) groups excluding carboxylic acids is 2. The average molecular weight is 611 g/mol. The number of carboxylic acids is 1. The van der Waals surface area contributed by atoms with Crippen molar-refractivity contribution >= 4 is 52.5 Å². The van der Waals surface area contributed by atoms with Crippen LogP contribution in [0.15, 0.2) is 58.4 Å². The van der Waals surface area contributed by atoms with Crippen LogP contribution in [0.4, 0.5) is 0 Å². The Morgan fingerprint density at radius 3 is 2.63 bits per heavy atom. The number of ether oxygens (including phenoxy) is 1. The lowest BCUT2D eigenvalue weighted by Crippen LogP contribution is -2.42.